The number of rotatable bonds is 7. The molecule has 5 heteroatoms. The van der Waals surface area contributed by atoms with Crippen LogP contribution in [0.4, 0.5) is 0 Å². The third-order valence-corrected chi connectivity index (χ3v) is 2.81. The van der Waals surface area contributed by atoms with Crippen LogP contribution in [0.3, 0.4) is 0 Å². The number of nitrogens with one attached hydrogen (secondary N) is 1. The van der Waals surface area contributed by atoms with Crippen molar-refractivity contribution in [1.82, 2.24) is 19.9 Å². The van der Waals surface area contributed by atoms with Crippen LogP contribution >= 0.6 is 0 Å². The summed E-state index contributed by atoms with van der Waals surface area (Å²) in [5.41, 5.74) is 0.943. The third kappa shape index (κ3) is 4.91. The minimum atomic E-state index is 0.0515. The number of carbonyl (C=O) groups is 1. The maximum atomic E-state index is 11.7. The number of hydrogen-bond acceptors (Lipinski definition) is 3. The van der Waals surface area contributed by atoms with Gasteiger partial charge in [0.25, 0.3) is 0 Å². The van der Waals surface area contributed by atoms with Crippen molar-refractivity contribution in [2.24, 2.45) is 0 Å². The summed E-state index contributed by atoms with van der Waals surface area (Å²) in [7, 11) is 0. The molecule has 0 unspecified atom stereocenters. The van der Waals surface area contributed by atoms with Gasteiger partial charge in [-0.1, -0.05) is 6.07 Å². The summed E-state index contributed by atoms with van der Waals surface area (Å²) in [4.78, 5) is 19.6. The van der Waals surface area contributed by atoms with E-state index in [1.807, 2.05) is 22.9 Å². The molecule has 0 saturated carbocycles. The highest BCUT2D eigenvalue weighted by atomic mass is 16.1. The predicted octanol–water partition coefficient (Wildman–Crippen LogP) is 1.42. The number of hydrogen-bond donors (Lipinski definition) is 1. The van der Waals surface area contributed by atoms with Gasteiger partial charge in [-0.15, -0.1) is 0 Å². The second kappa shape index (κ2) is 7.31. The molecular weight excluding hydrogens is 240 g/mol. The zero-order chi connectivity index (χ0) is 13.3. The van der Waals surface area contributed by atoms with E-state index in [0.717, 1.165) is 24.9 Å². The molecule has 19 heavy (non-hydrogen) atoms. The first-order valence-corrected chi connectivity index (χ1v) is 6.46. The van der Waals surface area contributed by atoms with Crippen molar-refractivity contribution in [2.75, 3.05) is 6.54 Å². The zero-order valence-electron chi connectivity index (χ0n) is 10.8. The number of imidazole rings is 1. The van der Waals surface area contributed by atoms with Crippen molar-refractivity contribution in [3.8, 4) is 0 Å². The molecule has 0 spiro atoms. The fourth-order valence-corrected chi connectivity index (χ4v) is 1.82. The Hall–Kier alpha value is -2.17. The van der Waals surface area contributed by atoms with Crippen LogP contribution in [0.2, 0.25) is 0 Å². The molecule has 2 aromatic heterocycles. The average Bonchev–Trinajstić information content (AvgIpc) is 2.92. The first-order valence-electron chi connectivity index (χ1n) is 6.46. The number of aromatic nitrogens is 3. The van der Waals surface area contributed by atoms with Gasteiger partial charge in [-0.05, 0) is 24.5 Å². The van der Waals surface area contributed by atoms with Crippen LogP contribution in [0.5, 0.6) is 0 Å². The minimum absolute atomic E-state index is 0.0515. The van der Waals surface area contributed by atoms with E-state index in [9.17, 15) is 4.79 Å². The highest BCUT2D eigenvalue weighted by Crippen LogP contribution is 1.97. The van der Waals surface area contributed by atoms with Gasteiger partial charge in [-0.3, -0.25) is 9.78 Å². The Morgan fingerprint density at radius 3 is 2.95 bits per heavy atom. The average molecular weight is 258 g/mol. The van der Waals surface area contributed by atoms with Crippen molar-refractivity contribution >= 4 is 5.91 Å². The monoisotopic (exact) mass is 258 g/mol. The van der Waals surface area contributed by atoms with Crippen LogP contribution in [0, 0.1) is 0 Å². The SMILES string of the molecule is O=C(Cc1cccnc1)NCCCCn1ccnc1. The van der Waals surface area contributed by atoms with Crippen LogP contribution in [0.15, 0.2) is 43.2 Å². The smallest absolute Gasteiger partial charge is 0.224 e. The number of carbonyl (C=O) groups excluding carboxylic acids is 1. The number of nitrogens with zero attached hydrogens (tertiary/aromatic N) is 3. The van der Waals surface area contributed by atoms with E-state index >= 15 is 0 Å². The Morgan fingerprint density at radius 2 is 2.21 bits per heavy atom. The van der Waals surface area contributed by atoms with Gasteiger partial charge in [0.2, 0.25) is 5.91 Å². The molecule has 2 aromatic rings. The predicted molar refractivity (Wildman–Crippen MR) is 72.4 cm³/mol. The Morgan fingerprint density at radius 1 is 1.26 bits per heavy atom. The van der Waals surface area contributed by atoms with E-state index in [4.69, 9.17) is 0 Å². The quantitative estimate of drug-likeness (QED) is 0.764. The van der Waals surface area contributed by atoms with Gasteiger partial charge in [0.05, 0.1) is 12.7 Å². The number of unbranched alkanes of at least 4 members (excludes halogenated alkanes) is 1. The summed E-state index contributed by atoms with van der Waals surface area (Å²) < 4.78 is 2.04. The lowest BCUT2D eigenvalue weighted by Gasteiger charge is -2.05. The van der Waals surface area contributed by atoms with Crippen molar-refractivity contribution in [1.29, 1.82) is 0 Å². The summed E-state index contributed by atoms with van der Waals surface area (Å²) in [5.74, 6) is 0.0515. The fourth-order valence-electron chi connectivity index (χ4n) is 1.82. The molecule has 0 aliphatic carbocycles. The Balaban J connectivity index is 1.57. The van der Waals surface area contributed by atoms with Crippen molar-refractivity contribution in [3.63, 3.8) is 0 Å². The van der Waals surface area contributed by atoms with E-state index in [-0.39, 0.29) is 5.91 Å². The van der Waals surface area contributed by atoms with Gasteiger partial charge >= 0.3 is 0 Å². The maximum absolute atomic E-state index is 11.7. The normalized spacial score (nSPS) is 10.3. The van der Waals surface area contributed by atoms with E-state index in [2.05, 4.69) is 15.3 Å². The first-order chi connectivity index (χ1) is 9.34. The van der Waals surface area contributed by atoms with Gasteiger partial charge in [0.15, 0.2) is 0 Å². The lowest BCUT2D eigenvalue weighted by atomic mass is 10.2. The molecule has 0 bridgehead atoms. The summed E-state index contributed by atoms with van der Waals surface area (Å²) in [5, 5.41) is 2.92. The molecule has 0 aromatic carbocycles. The van der Waals surface area contributed by atoms with Crippen LogP contribution in [0.25, 0.3) is 0 Å². The van der Waals surface area contributed by atoms with Crippen LogP contribution < -0.4 is 5.32 Å². The number of pyridine rings is 1. The standard InChI is InChI=1S/C14H18N4O/c19-14(10-13-4-3-5-15-11-13)17-6-1-2-8-18-9-7-16-12-18/h3-5,7,9,11-12H,1-2,6,8,10H2,(H,17,19). The second-order valence-corrected chi connectivity index (χ2v) is 4.40. The van der Waals surface area contributed by atoms with Gasteiger partial charge in [0.1, 0.15) is 0 Å². The molecule has 1 N–H and O–H groups in total. The Labute approximate surface area is 112 Å². The molecule has 2 rings (SSSR count). The lowest BCUT2D eigenvalue weighted by molar-refractivity contribution is -0.120. The minimum Gasteiger partial charge on any atom is -0.356 e. The molecule has 0 radical (unpaired) electrons. The van der Waals surface area contributed by atoms with Crippen molar-refractivity contribution < 1.29 is 4.79 Å². The van der Waals surface area contributed by atoms with Gasteiger partial charge in [-0.2, -0.15) is 0 Å². The fraction of sp³-hybridized carbons (Fsp3) is 0.357. The molecule has 0 fully saturated rings. The Bertz CT molecular complexity index is 481. The molecule has 100 valence electrons. The topological polar surface area (TPSA) is 59.8 Å². The summed E-state index contributed by atoms with van der Waals surface area (Å²) in [6.07, 6.45) is 11.4. The zero-order valence-corrected chi connectivity index (χ0v) is 10.8. The molecule has 0 aliphatic rings. The molecule has 0 atom stereocenters. The van der Waals surface area contributed by atoms with Crippen molar-refractivity contribution in [3.05, 3.63) is 48.8 Å². The van der Waals surface area contributed by atoms with Gasteiger partial charge in [-0.25, -0.2) is 4.98 Å². The molecule has 0 aliphatic heterocycles. The number of amides is 1. The summed E-state index contributed by atoms with van der Waals surface area (Å²) in [6.45, 7) is 1.66. The summed E-state index contributed by atoms with van der Waals surface area (Å²) >= 11 is 0. The molecule has 5 nitrogen and oxygen atoms in total. The highest BCUT2D eigenvalue weighted by molar-refractivity contribution is 5.78. The third-order valence-electron chi connectivity index (χ3n) is 2.81. The van der Waals surface area contributed by atoms with E-state index in [0.29, 0.717) is 13.0 Å². The molecular formula is C14H18N4O. The molecule has 1 amide bonds. The Kier molecular flexibility index (Phi) is 5.10. The van der Waals surface area contributed by atoms with E-state index in [1.54, 1.807) is 24.9 Å². The van der Waals surface area contributed by atoms with Crippen molar-refractivity contribution in [2.45, 2.75) is 25.8 Å². The van der Waals surface area contributed by atoms with Gasteiger partial charge < -0.3 is 9.88 Å². The maximum Gasteiger partial charge on any atom is 0.224 e. The largest absolute Gasteiger partial charge is 0.356 e. The molecule has 0 saturated heterocycles. The number of aryl methyl sites for hydroxylation is 1. The first kappa shape index (κ1) is 13.3. The van der Waals surface area contributed by atoms with E-state index < -0.39 is 0 Å². The van der Waals surface area contributed by atoms with Crippen LogP contribution in [-0.4, -0.2) is 27.0 Å². The van der Waals surface area contributed by atoms with Crippen LogP contribution in [0.1, 0.15) is 18.4 Å². The molecule has 2 heterocycles. The van der Waals surface area contributed by atoms with Gasteiger partial charge in [0, 0.05) is 37.9 Å². The lowest BCUT2D eigenvalue weighted by Crippen LogP contribution is -2.26. The van der Waals surface area contributed by atoms with E-state index in [1.165, 1.54) is 0 Å². The second-order valence-electron chi connectivity index (χ2n) is 4.40. The highest BCUT2D eigenvalue weighted by Gasteiger charge is 2.02. The summed E-state index contributed by atoms with van der Waals surface area (Å²) in [6, 6.07) is 3.75. The van der Waals surface area contributed by atoms with Crippen LogP contribution in [-0.2, 0) is 17.8 Å².